The predicted octanol–water partition coefficient (Wildman–Crippen LogP) is 4.79. The van der Waals surface area contributed by atoms with Gasteiger partial charge in [-0.15, -0.1) is 0 Å². The van der Waals surface area contributed by atoms with Crippen molar-refractivity contribution in [3.05, 3.63) is 77.4 Å². The first kappa shape index (κ1) is 20.4. The molecular formula is C22H22N2O4S. The van der Waals surface area contributed by atoms with Crippen molar-refractivity contribution in [1.82, 2.24) is 0 Å². The number of carbonyl (C=O) groups is 1. The molecule has 0 fully saturated rings. The number of aryl methyl sites for hydroxylation is 2. The number of sulfone groups is 1. The quantitative estimate of drug-likeness (QED) is 0.539. The van der Waals surface area contributed by atoms with Crippen LogP contribution in [-0.4, -0.2) is 19.6 Å². The zero-order chi connectivity index (χ0) is 21.2. The highest BCUT2D eigenvalue weighted by Gasteiger charge is 2.27. The summed E-state index contributed by atoms with van der Waals surface area (Å²) < 4.78 is 26.5. The highest BCUT2D eigenvalue weighted by atomic mass is 32.2. The maximum absolute atomic E-state index is 13.2. The Labute approximate surface area is 170 Å². The minimum Gasteiger partial charge on any atom is -0.507 e. The SMILES string of the molecule is Cc1ccc(NC(=O)Nc2cc(C)c(O)c(C)c2S(=O)(=O)c2ccccc2)cc1. The van der Waals surface area contributed by atoms with Crippen molar-refractivity contribution < 1.29 is 18.3 Å². The largest absolute Gasteiger partial charge is 0.507 e. The third-order valence-corrected chi connectivity index (χ3v) is 6.51. The van der Waals surface area contributed by atoms with Crippen LogP contribution >= 0.6 is 0 Å². The Morgan fingerprint density at radius 2 is 1.52 bits per heavy atom. The van der Waals surface area contributed by atoms with Crippen molar-refractivity contribution in [3.8, 4) is 5.75 Å². The molecule has 7 heteroatoms. The van der Waals surface area contributed by atoms with Gasteiger partial charge in [-0.1, -0.05) is 35.9 Å². The van der Waals surface area contributed by atoms with Crippen LogP contribution in [0.3, 0.4) is 0 Å². The summed E-state index contributed by atoms with van der Waals surface area (Å²) in [5.74, 6) is -0.121. The van der Waals surface area contributed by atoms with Gasteiger partial charge in [-0.3, -0.25) is 0 Å². The van der Waals surface area contributed by atoms with E-state index >= 15 is 0 Å². The van der Waals surface area contributed by atoms with Crippen LogP contribution < -0.4 is 10.6 Å². The average Bonchev–Trinajstić information content (AvgIpc) is 2.68. The van der Waals surface area contributed by atoms with Gasteiger partial charge in [0.25, 0.3) is 0 Å². The highest BCUT2D eigenvalue weighted by Crippen LogP contribution is 2.37. The number of nitrogens with one attached hydrogen (secondary N) is 2. The summed E-state index contributed by atoms with van der Waals surface area (Å²) in [5.41, 5.74) is 2.37. The van der Waals surface area contributed by atoms with Crippen LogP contribution in [0.25, 0.3) is 0 Å². The molecule has 2 amide bonds. The molecule has 0 aromatic heterocycles. The first-order valence-corrected chi connectivity index (χ1v) is 10.5. The molecule has 0 bridgehead atoms. The molecule has 0 unspecified atom stereocenters. The summed E-state index contributed by atoms with van der Waals surface area (Å²) in [6.07, 6.45) is 0. The molecule has 0 radical (unpaired) electrons. The van der Waals surface area contributed by atoms with Gasteiger partial charge in [0.15, 0.2) is 0 Å². The lowest BCUT2D eigenvalue weighted by Crippen LogP contribution is -2.21. The summed E-state index contributed by atoms with van der Waals surface area (Å²) >= 11 is 0. The third-order valence-electron chi connectivity index (χ3n) is 4.55. The topological polar surface area (TPSA) is 95.5 Å². The summed E-state index contributed by atoms with van der Waals surface area (Å²) in [6.45, 7) is 5.10. The molecule has 0 saturated heterocycles. The van der Waals surface area contributed by atoms with E-state index in [0.29, 0.717) is 11.3 Å². The Morgan fingerprint density at radius 3 is 2.14 bits per heavy atom. The van der Waals surface area contributed by atoms with Crippen LogP contribution in [0.15, 0.2) is 70.5 Å². The van der Waals surface area contributed by atoms with Crippen LogP contribution in [0.5, 0.6) is 5.75 Å². The molecule has 3 rings (SSSR count). The Hall–Kier alpha value is -3.32. The second-order valence-corrected chi connectivity index (χ2v) is 8.69. The van der Waals surface area contributed by atoms with E-state index in [1.807, 2.05) is 19.1 Å². The fraction of sp³-hybridized carbons (Fsp3) is 0.136. The third kappa shape index (κ3) is 4.25. The molecular weight excluding hydrogens is 388 g/mol. The number of amides is 2. The number of aromatic hydroxyl groups is 1. The number of phenols is 1. The van der Waals surface area contributed by atoms with Crippen molar-refractivity contribution in [2.75, 3.05) is 10.6 Å². The maximum Gasteiger partial charge on any atom is 0.323 e. The van der Waals surface area contributed by atoms with Crippen LogP contribution in [0.2, 0.25) is 0 Å². The average molecular weight is 410 g/mol. The van der Waals surface area contributed by atoms with Crippen LogP contribution in [-0.2, 0) is 9.84 Å². The first-order chi connectivity index (χ1) is 13.7. The highest BCUT2D eigenvalue weighted by molar-refractivity contribution is 7.91. The number of hydrogen-bond donors (Lipinski definition) is 3. The van der Waals surface area contributed by atoms with E-state index < -0.39 is 15.9 Å². The van der Waals surface area contributed by atoms with E-state index in [1.165, 1.54) is 25.1 Å². The summed E-state index contributed by atoms with van der Waals surface area (Å²) in [7, 11) is -3.97. The smallest absolute Gasteiger partial charge is 0.323 e. The van der Waals surface area contributed by atoms with E-state index in [2.05, 4.69) is 10.6 Å². The molecule has 3 aromatic carbocycles. The van der Waals surface area contributed by atoms with Crippen molar-refractivity contribution in [1.29, 1.82) is 0 Å². The number of anilines is 2. The zero-order valence-electron chi connectivity index (χ0n) is 16.4. The molecule has 0 aliphatic rings. The maximum atomic E-state index is 13.2. The normalized spacial score (nSPS) is 11.1. The van der Waals surface area contributed by atoms with Gasteiger partial charge in [0.05, 0.1) is 10.6 Å². The van der Waals surface area contributed by atoms with Gasteiger partial charge in [0.1, 0.15) is 10.6 Å². The van der Waals surface area contributed by atoms with Crippen molar-refractivity contribution in [2.24, 2.45) is 0 Å². The Balaban J connectivity index is 2.02. The van der Waals surface area contributed by atoms with Gasteiger partial charge in [-0.05, 0) is 56.7 Å². The standard InChI is InChI=1S/C22H22N2O4S/c1-14-9-11-17(12-10-14)23-22(26)24-19-13-15(2)20(25)16(3)21(19)29(27,28)18-7-5-4-6-8-18/h4-13,25H,1-3H3,(H2,23,24,26). The van der Waals surface area contributed by atoms with Gasteiger partial charge in [-0.25, -0.2) is 13.2 Å². The van der Waals surface area contributed by atoms with Crippen LogP contribution in [0, 0.1) is 20.8 Å². The zero-order valence-corrected chi connectivity index (χ0v) is 17.2. The lowest BCUT2D eigenvalue weighted by atomic mass is 10.1. The number of rotatable bonds is 4. The van der Waals surface area contributed by atoms with Crippen molar-refractivity contribution in [2.45, 2.75) is 30.6 Å². The van der Waals surface area contributed by atoms with Gasteiger partial charge >= 0.3 is 6.03 Å². The molecule has 3 aromatic rings. The Kier molecular flexibility index (Phi) is 5.61. The van der Waals surface area contributed by atoms with Gasteiger partial charge in [0, 0.05) is 11.3 Å². The molecule has 6 nitrogen and oxygen atoms in total. The number of phenolic OH excluding ortho intramolecular Hbond substituents is 1. The molecule has 0 heterocycles. The second kappa shape index (κ2) is 7.97. The lowest BCUT2D eigenvalue weighted by molar-refractivity contribution is 0.262. The number of benzene rings is 3. The number of urea groups is 1. The minimum absolute atomic E-state index is 0.0772. The van der Waals surface area contributed by atoms with Gasteiger partial charge < -0.3 is 15.7 Å². The Morgan fingerprint density at radius 1 is 0.897 bits per heavy atom. The van der Waals surface area contributed by atoms with Gasteiger partial charge in [-0.2, -0.15) is 0 Å². The molecule has 0 spiro atoms. The summed E-state index contributed by atoms with van der Waals surface area (Å²) in [6, 6.07) is 16.0. The molecule has 0 aliphatic carbocycles. The van der Waals surface area contributed by atoms with E-state index in [1.54, 1.807) is 37.3 Å². The summed E-state index contributed by atoms with van der Waals surface area (Å²) in [4.78, 5) is 12.5. The number of carbonyl (C=O) groups excluding carboxylic acids is 1. The number of hydrogen-bond acceptors (Lipinski definition) is 4. The van der Waals surface area contributed by atoms with Gasteiger partial charge in [0.2, 0.25) is 9.84 Å². The Bertz CT molecular complexity index is 1160. The minimum atomic E-state index is -3.97. The molecule has 0 aliphatic heterocycles. The van der Waals surface area contributed by atoms with Crippen molar-refractivity contribution >= 4 is 27.2 Å². The molecule has 29 heavy (non-hydrogen) atoms. The molecule has 150 valence electrons. The van der Waals surface area contributed by atoms with Crippen molar-refractivity contribution in [3.63, 3.8) is 0 Å². The lowest BCUT2D eigenvalue weighted by Gasteiger charge is -2.17. The monoisotopic (exact) mass is 410 g/mol. The van der Waals surface area contributed by atoms with E-state index in [9.17, 15) is 18.3 Å². The second-order valence-electron chi connectivity index (χ2n) is 6.81. The fourth-order valence-electron chi connectivity index (χ4n) is 3.03. The molecule has 3 N–H and O–H groups in total. The summed E-state index contributed by atoms with van der Waals surface area (Å²) in [5, 5.41) is 15.6. The first-order valence-electron chi connectivity index (χ1n) is 8.98. The van der Waals surface area contributed by atoms with Crippen LogP contribution in [0.1, 0.15) is 16.7 Å². The van der Waals surface area contributed by atoms with E-state index in [-0.39, 0.29) is 26.8 Å². The van der Waals surface area contributed by atoms with E-state index in [0.717, 1.165) is 5.56 Å². The van der Waals surface area contributed by atoms with E-state index in [4.69, 9.17) is 0 Å². The predicted molar refractivity (Wildman–Crippen MR) is 113 cm³/mol. The molecule has 0 saturated carbocycles. The molecule has 0 atom stereocenters. The van der Waals surface area contributed by atoms with Crippen LogP contribution in [0.4, 0.5) is 16.2 Å². The fourth-order valence-corrected chi connectivity index (χ4v) is 4.68.